The summed E-state index contributed by atoms with van der Waals surface area (Å²) in [6.07, 6.45) is -0.0385. The molecule has 0 aliphatic carbocycles. The molecule has 0 aromatic carbocycles. The predicted molar refractivity (Wildman–Crippen MR) is 77.9 cm³/mol. The van der Waals surface area contributed by atoms with Gasteiger partial charge in [-0.05, 0) is 0 Å². The van der Waals surface area contributed by atoms with Gasteiger partial charge in [0.1, 0.15) is 17.8 Å². The van der Waals surface area contributed by atoms with Gasteiger partial charge < -0.3 is 19.3 Å². The van der Waals surface area contributed by atoms with Gasteiger partial charge in [-0.1, -0.05) is 6.58 Å². The van der Waals surface area contributed by atoms with Gasteiger partial charge in [-0.2, -0.15) is 0 Å². The number of cyclic esters (lactones) is 3. The molecule has 0 aromatic heterocycles. The van der Waals surface area contributed by atoms with E-state index in [-0.39, 0.29) is 37.6 Å². The molecule has 0 aromatic rings. The summed E-state index contributed by atoms with van der Waals surface area (Å²) in [5.41, 5.74) is 0. The minimum absolute atomic E-state index is 0.0138. The molecular weight excluding hydrogens is 320 g/mol. The maximum Gasteiger partial charge on any atom is 0.337 e. The van der Waals surface area contributed by atoms with Crippen molar-refractivity contribution in [1.29, 1.82) is 0 Å². The molecule has 0 saturated carbocycles. The van der Waals surface area contributed by atoms with Gasteiger partial charge in [-0.25, -0.2) is 9.59 Å². The van der Waals surface area contributed by atoms with Crippen LogP contribution in [0.15, 0.2) is 12.3 Å². The highest BCUT2D eigenvalue weighted by atomic mass is 16.6. The first-order chi connectivity index (χ1) is 11.2. The summed E-state index contributed by atoms with van der Waals surface area (Å²) in [5, 5.41) is 0. The number of rotatable bonds is 5. The van der Waals surface area contributed by atoms with Crippen LogP contribution in [-0.4, -0.2) is 64.7 Å². The van der Waals surface area contributed by atoms with Gasteiger partial charge in [-0.3, -0.25) is 14.4 Å². The van der Waals surface area contributed by atoms with Crippen LogP contribution in [0.25, 0.3) is 0 Å². The first-order valence-corrected chi connectivity index (χ1v) is 7.39. The number of nitrogens with zero attached hydrogens (tertiary/aromatic N) is 2. The van der Waals surface area contributed by atoms with E-state index in [1.165, 1.54) is 18.7 Å². The van der Waals surface area contributed by atoms with Gasteiger partial charge in [0.15, 0.2) is 0 Å². The third kappa shape index (κ3) is 3.61. The summed E-state index contributed by atoms with van der Waals surface area (Å²) in [6.45, 7) is 6.10. The quantitative estimate of drug-likeness (QED) is 0.484. The third-order valence-electron chi connectivity index (χ3n) is 3.93. The van der Waals surface area contributed by atoms with E-state index in [0.29, 0.717) is 0 Å². The highest BCUT2D eigenvalue weighted by molar-refractivity contribution is 5.98. The fraction of sp³-hybridized carbons (Fsp3) is 0.533. The second-order valence-corrected chi connectivity index (χ2v) is 5.62. The number of carbonyl (C=O) groups excluding carboxylic acids is 5. The van der Waals surface area contributed by atoms with Gasteiger partial charge in [0.25, 0.3) is 0 Å². The number of hydrogen-bond donors (Lipinski definition) is 0. The van der Waals surface area contributed by atoms with Gasteiger partial charge in [0.2, 0.25) is 11.8 Å². The van der Waals surface area contributed by atoms with E-state index >= 15 is 0 Å². The predicted octanol–water partition coefficient (Wildman–Crippen LogP) is -0.645. The lowest BCUT2D eigenvalue weighted by Gasteiger charge is -2.30. The summed E-state index contributed by atoms with van der Waals surface area (Å²) >= 11 is 0. The summed E-state index contributed by atoms with van der Waals surface area (Å²) in [6, 6.07) is -1.81. The highest BCUT2D eigenvalue weighted by Crippen LogP contribution is 2.22. The SMILES string of the molecule is C=C1CC(N(CCN(C(C)=O)C2CC(=O)OC2=O)C(C)=O)C(=O)O1. The van der Waals surface area contributed by atoms with Crippen molar-refractivity contribution in [1.82, 2.24) is 9.80 Å². The first-order valence-electron chi connectivity index (χ1n) is 7.39. The number of carbonyl (C=O) groups is 5. The smallest absolute Gasteiger partial charge is 0.337 e. The Morgan fingerprint density at radius 3 is 1.75 bits per heavy atom. The Hall–Kier alpha value is -2.71. The monoisotopic (exact) mass is 338 g/mol. The van der Waals surface area contributed by atoms with Crippen LogP contribution in [0.4, 0.5) is 0 Å². The second kappa shape index (κ2) is 6.81. The van der Waals surface area contributed by atoms with Gasteiger partial charge >= 0.3 is 17.9 Å². The fourth-order valence-electron chi connectivity index (χ4n) is 2.77. The van der Waals surface area contributed by atoms with Crippen molar-refractivity contribution >= 4 is 29.7 Å². The van der Waals surface area contributed by atoms with E-state index in [9.17, 15) is 24.0 Å². The van der Waals surface area contributed by atoms with Crippen LogP contribution in [-0.2, 0) is 33.4 Å². The Morgan fingerprint density at radius 1 is 0.958 bits per heavy atom. The molecule has 130 valence electrons. The summed E-state index contributed by atoms with van der Waals surface area (Å²) in [4.78, 5) is 60.7. The molecule has 2 fully saturated rings. The van der Waals surface area contributed by atoms with Crippen molar-refractivity contribution < 1.29 is 33.4 Å². The molecule has 2 unspecified atom stereocenters. The Balaban J connectivity index is 2.09. The van der Waals surface area contributed by atoms with Gasteiger partial charge in [-0.15, -0.1) is 0 Å². The van der Waals surface area contributed by atoms with Crippen LogP contribution in [0.3, 0.4) is 0 Å². The lowest BCUT2D eigenvalue weighted by molar-refractivity contribution is -0.155. The van der Waals surface area contributed by atoms with Crippen LogP contribution in [0.2, 0.25) is 0 Å². The average Bonchev–Trinajstić information content (AvgIpc) is 2.95. The van der Waals surface area contributed by atoms with E-state index in [0.717, 1.165) is 4.90 Å². The zero-order valence-electron chi connectivity index (χ0n) is 13.4. The lowest BCUT2D eigenvalue weighted by Crippen LogP contribution is -2.49. The maximum absolute atomic E-state index is 11.8. The molecule has 2 saturated heterocycles. The van der Waals surface area contributed by atoms with Gasteiger partial charge in [0.05, 0.1) is 6.42 Å². The van der Waals surface area contributed by atoms with Crippen molar-refractivity contribution in [3.05, 3.63) is 12.3 Å². The maximum atomic E-state index is 11.8. The molecule has 2 amide bonds. The molecule has 2 rings (SSSR count). The summed E-state index contributed by atoms with van der Waals surface area (Å²) < 4.78 is 9.32. The molecule has 24 heavy (non-hydrogen) atoms. The molecule has 0 bridgehead atoms. The third-order valence-corrected chi connectivity index (χ3v) is 3.93. The van der Waals surface area contributed by atoms with Crippen LogP contribution >= 0.6 is 0 Å². The standard InChI is InChI=1S/C15H18N2O7/c1-8-6-11(14(21)23-8)16(9(2)18)4-5-17(10(3)19)12-7-13(20)24-15(12)22/h11-12H,1,4-7H2,2-3H3. The van der Waals surface area contributed by atoms with Crippen molar-refractivity contribution in [2.45, 2.75) is 38.8 Å². The molecule has 0 radical (unpaired) electrons. The van der Waals surface area contributed by atoms with Gasteiger partial charge in [0, 0.05) is 33.4 Å². The molecule has 0 spiro atoms. The molecule has 9 heteroatoms. The molecule has 9 nitrogen and oxygen atoms in total. The Bertz CT molecular complexity index is 573. The minimum atomic E-state index is -1.01. The molecule has 2 aliphatic rings. The van der Waals surface area contributed by atoms with E-state index in [4.69, 9.17) is 4.74 Å². The zero-order chi connectivity index (χ0) is 18.0. The Morgan fingerprint density at radius 2 is 1.42 bits per heavy atom. The topological polar surface area (TPSA) is 110 Å². The van der Waals surface area contributed by atoms with Crippen molar-refractivity contribution in [3.63, 3.8) is 0 Å². The second-order valence-electron chi connectivity index (χ2n) is 5.62. The normalized spacial score (nSPS) is 23.1. The lowest BCUT2D eigenvalue weighted by atomic mass is 10.1. The highest BCUT2D eigenvalue weighted by Gasteiger charge is 2.41. The number of ether oxygens (including phenoxy) is 2. The number of hydrogen-bond acceptors (Lipinski definition) is 7. The molecule has 0 N–H and O–H groups in total. The van der Waals surface area contributed by atoms with Crippen LogP contribution in [0.5, 0.6) is 0 Å². The van der Waals surface area contributed by atoms with E-state index in [2.05, 4.69) is 11.3 Å². The Labute approximate surface area is 138 Å². The molecule has 2 atom stereocenters. The Kier molecular flexibility index (Phi) is 5.01. The van der Waals surface area contributed by atoms with Crippen molar-refractivity contribution in [2.75, 3.05) is 13.1 Å². The van der Waals surface area contributed by atoms with E-state index in [1.54, 1.807) is 0 Å². The largest absolute Gasteiger partial charge is 0.430 e. The molecular formula is C15H18N2O7. The van der Waals surface area contributed by atoms with Crippen LogP contribution < -0.4 is 0 Å². The van der Waals surface area contributed by atoms with Crippen molar-refractivity contribution in [3.8, 4) is 0 Å². The molecule has 2 heterocycles. The van der Waals surface area contributed by atoms with Crippen molar-refractivity contribution in [2.24, 2.45) is 0 Å². The number of amides is 2. The summed E-state index contributed by atoms with van der Waals surface area (Å²) in [5.74, 6) is -2.62. The van der Waals surface area contributed by atoms with E-state index in [1.807, 2.05) is 0 Å². The summed E-state index contributed by atoms with van der Waals surface area (Å²) in [7, 11) is 0. The minimum Gasteiger partial charge on any atom is -0.430 e. The zero-order valence-corrected chi connectivity index (χ0v) is 13.4. The average molecular weight is 338 g/mol. The van der Waals surface area contributed by atoms with Crippen LogP contribution in [0.1, 0.15) is 26.7 Å². The molecule has 2 aliphatic heterocycles. The fourth-order valence-corrected chi connectivity index (χ4v) is 2.77. The van der Waals surface area contributed by atoms with E-state index < -0.39 is 35.9 Å². The first kappa shape index (κ1) is 17.6. The van der Waals surface area contributed by atoms with Crippen LogP contribution in [0, 0.1) is 0 Å². The number of esters is 3.